The van der Waals surface area contributed by atoms with Crippen molar-refractivity contribution in [3.8, 4) is 0 Å². The Bertz CT molecular complexity index is 905. The number of piperidine rings is 1. The van der Waals surface area contributed by atoms with Gasteiger partial charge < -0.3 is 9.64 Å². The van der Waals surface area contributed by atoms with Crippen LogP contribution in [0.4, 0.5) is 5.69 Å². The highest BCUT2D eigenvalue weighted by Crippen LogP contribution is 2.37. The van der Waals surface area contributed by atoms with E-state index in [0.717, 1.165) is 4.90 Å². The van der Waals surface area contributed by atoms with Crippen molar-refractivity contribution < 1.29 is 28.7 Å². The zero-order valence-corrected chi connectivity index (χ0v) is 15.3. The van der Waals surface area contributed by atoms with Crippen LogP contribution in [-0.4, -0.2) is 60.7 Å². The molecule has 1 atom stereocenters. The fourth-order valence-corrected chi connectivity index (χ4v) is 3.98. The molecule has 2 saturated heterocycles. The molecular weight excluding hydrogens is 366 g/mol. The zero-order valence-electron chi connectivity index (χ0n) is 15.3. The van der Waals surface area contributed by atoms with Gasteiger partial charge in [0.2, 0.25) is 11.8 Å². The summed E-state index contributed by atoms with van der Waals surface area (Å²) in [6.07, 6.45) is 0.506. The normalized spacial score (nSPS) is 22.1. The molecule has 146 valence electrons. The van der Waals surface area contributed by atoms with Crippen molar-refractivity contribution in [3.05, 3.63) is 29.3 Å². The molecule has 9 heteroatoms. The predicted molar refractivity (Wildman–Crippen MR) is 95.4 cm³/mol. The highest BCUT2D eigenvalue weighted by Gasteiger charge is 2.46. The highest BCUT2D eigenvalue weighted by atomic mass is 16.5. The monoisotopic (exact) mass is 385 g/mol. The van der Waals surface area contributed by atoms with E-state index in [9.17, 15) is 24.0 Å². The molecule has 0 aromatic heterocycles. The van der Waals surface area contributed by atoms with Crippen LogP contribution in [0.25, 0.3) is 0 Å². The Morgan fingerprint density at radius 1 is 1.18 bits per heavy atom. The van der Waals surface area contributed by atoms with Crippen LogP contribution < -0.4 is 10.2 Å². The van der Waals surface area contributed by atoms with Crippen molar-refractivity contribution in [2.75, 3.05) is 25.1 Å². The minimum atomic E-state index is -0.985. The molecule has 9 nitrogen and oxygen atoms in total. The average molecular weight is 385 g/mol. The number of hydrogen-bond donors (Lipinski definition) is 1. The number of rotatable bonds is 4. The molecule has 1 aromatic carbocycles. The highest BCUT2D eigenvalue weighted by molar-refractivity contribution is 6.25. The number of anilines is 1. The maximum absolute atomic E-state index is 13.0. The first-order chi connectivity index (χ1) is 13.4. The number of nitrogens with one attached hydrogen (secondary N) is 1. The van der Waals surface area contributed by atoms with Crippen LogP contribution >= 0.6 is 0 Å². The molecular formula is C19H19N3O6. The molecule has 0 aliphatic carbocycles. The van der Waals surface area contributed by atoms with Crippen molar-refractivity contribution in [2.24, 2.45) is 5.92 Å². The third-order valence-electron chi connectivity index (χ3n) is 5.43. The summed E-state index contributed by atoms with van der Waals surface area (Å²) < 4.78 is 4.68. The van der Waals surface area contributed by atoms with Crippen LogP contribution in [-0.2, 0) is 19.1 Å². The minimum absolute atomic E-state index is 0.0814. The first kappa shape index (κ1) is 18.1. The van der Waals surface area contributed by atoms with Gasteiger partial charge >= 0.3 is 5.97 Å². The van der Waals surface area contributed by atoms with Gasteiger partial charge in [-0.2, -0.15) is 0 Å². The third-order valence-corrected chi connectivity index (χ3v) is 5.43. The van der Waals surface area contributed by atoms with E-state index >= 15 is 0 Å². The number of carbonyl (C=O) groups is 5. The molecule has 4 rings (SSSR count). The lowest BCUT2D eigenvalue weighted by atomic mass is 9.94. The number of fused-ring (bicyclic) bond motifs is 1. The minimum Gasteiger partial charge on any atom is -0.469 e. The second-order valence-electron chi connectivity index (χ2n) is 7.20. The molecule has 2 fully saturated rings. The van der Waals surface area contributed by atoms with Gasteiger partial charge in [-0.1, -0.05) is 6.07 Å². The van der Waals surface area contributed by atoms with Crippen LogP contribution in [0.3, 0.4) is 0 Å². The predicted octanol–water partition coefficient (Wildman–Crippen LogP) is 0.0871. The summed E-state index contributed by atoms with van der Waals surface area (Å²) in [4.78, 5) is 63.7. The van der Waals surface area contributed by atoms with Crippen molar-refractivity contribution >= 4 is 35.3 Å². The summed E-state index contributed by atoms with van der Waals surface area (Å²) in [5, 5.41) is 2.19. The Hall–Kier alpha value is -3.23. The van der Waals surface area contributed by atoms with Crippen molar-refractivity contribution in [1.29, 1.82) is 0 Å². The van der Waals surface area contributed by atoms with E-state index in [2.05, 4.69) is 10.1 Å². The lowest BCUT2D eigenvalue weighted by Gasteiger charge is -2.41. The fourth-order valence-electron chi connectivity index (χ4n) is 3.98. The van der Waals surface area contributed by atoms with Crippen molar-refractivity contribution in [1.82, 2.24) is 10.2 Å². The Labute approximate surface area is 160 Å². The van der Waals surface area contributed by atoms with E-state index < -0.39 is 29.7 Å². The third kappa shape index (κ3) is 2.83. The Morgan fingerprint density at radius 3 is 2.61 bits per heavy atom. The largest absolute Gasteiger partial charge is 0.469 e. The quantitative estimate of drug-likeness (QED) is 0.577. The maximum atomic E-state index is 13.0. The van der Waals surface area contributed by atoms with Gasteiger partial charge in [0.15, 0.2) is 0 Å². The maximum Gasteiger partial charge on any atom is 0.305 e. The molecule has 0 radical (unpaired) electrons. The second-order valence-corrected chi connectivity index (χ2v) is 7.20. The second kappa shape index (κ2) is 6.74. The smallest absolute Gasteiger partial charge is 0.305 e. The number of carbonyl (C=O) groups excluding carboxylic acids is 5. The van der Waals surface area contributed by atoms with Crippen molar-refractivity contribution in [2.45, 2.75) is 25.3 Å². The fraction of sp³-hybridized carbons (Fsp3) is 0.421. The van der Waals surface area contributed by atoms with Gasteiger partial charge in [0.25, 0.3) is 11.8 Å². The van der Waals surface area contributed by atoms with E-state index in [1.807, 2.05) is 4.90 Å². The van der Waals surface area contributed by atoms with Gasteiger partial charge in [-0.05, 0) is 18.6 Å². The summed E-state index contributed by atoms with van der Waals surface area (Å²) in [6, 6.07) is 4.03. The SMILES string of the molecule is COC(=O)CC1CN(c2cccc3c2C(=O)N(C2CCC(=O)NC2=O)C3=O)C1. The first-order valence-electron chi connectivity index (χ1n) is 9.07. The van der Waals surface area contributed by atoms with Crippen molar-refractivity contribution in [3.63, 3.8) is 0 Å². The molecule has 0 bridgehead atoms. The molecule has 4 amide bonds. The molecule has 1 N–H and O–H groups in total. The van der Waals surface area contributed by atoms with Crippen LogP contribution in [0.5, 0.6) is 0 Å². The number of esters is 1. The van der Waals surface area contributed by atoms with Gasteiger partial charge in [-0.25, -0.2) is 0 Å². The molecule has 0 spiro atoms. The number of methoxy groups -OCH3 is 1. The van der Waals surface area contributed by atoms with Gasteiger partial charge in [0.05, 0.1) is 30.3 Å². The Kier molecular flexibility index (Phi) is 4.37. The van der Waals surface area contributed by atoms with Gasteiger partial charge in [-0.15, -0.1) is 0 Å². The first-order valence-corrected chi connectivity index (χ1v) is 9.07. The molecule has 3 aliphatic rings. The summed E-state index contributed by atoms with van der Waals surface area (Å²) in [5.41, 5.74) is 1.14. The standard InChI is InChI=1S/C19H19N3O6/c1-28-15(24)7-10-8-21(9-10)12-4-2-3-11-16(12)19(27)22(18(11)26)13-5-6-14(23)20-17(13)25/h2-4,10,13H,5-9H2,1H3,(H,20,23,25). The average Bonchev–Trinajstić information content (AvgIpc) is 2.89. The molecule has 28 heavy (non-hydrogen) atoms. The zero-order chi connectivity index (χ0) is 20.0. The van der Waals surface area contributed by atoms with E-state index in [1.54, 1.807) is 18.2 Å². The summed E-state index contributed by atoms with van der Waals surface area (Å²) in [5.74, 6) is -2.24. The molecule has 1 unspecified atom stereocenters. The van der Waals surface area contributed by atoms with E-state index in [0.29, 0.717) is 25.2 Å². The number of nitrogens with zero attached hydrogens (tertiary/aromatic N) is 2. The number of benzene rings is 1. The van der Waals surface area contributed by atoms with E-state index in [4.69, 9.17) is 0 Å². The van der Waals surface area contributed by atoms with Crippen LogP contribution in [0.15, 0.2) is 18.2 Å². The molecule has 0 saturated carbocycles. The summed E-state index contributed by atoms with van der Waals surface area (Å²) in [7, 11) is 1.34. The number of amides is 4. The Morgan fingerprint density at radius 2 is 1.93 bits per heavy atom. The molecule has 1 aromatic rings. The van der Waals surface area contributed by atoms with E-state index in [-0.39, 0.29) is 35.9 Å². The van der Waals surface area contributed by atoms with Gasteiger partial charge in [0.1, 0.15) is 6.04 Å². The van der Waals surface area contributed by atoms with Gasteiger partial charge in [0, 0.05) is 25.4 Å². The molecule has 3 aliphatic heterocycles. The number of imide groups is 2. The number of hydrogen-bond acceptors (Lipinski definition) is 7. The topological polar surface area (TPSA) is 113 Å². The Balaban J connectivity index is 1.56. The van der Waals surface area contributed by atoms with Crippen LogP contribution in [0.1, 0.15) is 40.0 Å². The molecule has 3 heterocycles. The summed E-state index contributed by atoms with van der Waals surface area (Å²) in [6.45, 7) is 1.15. The summed E-state index contributed by atoms with van der Waals surface area (Å²) >= 11 is 0. The van der Waals surface area contributed by atoms with Crippen LogP contribution in [0, 0.1) is 5.92 Å². The lowest BCUT2D eigenvalue weighted by molar-refractivity contribution is -0.142. The van der Waals surface area contributed by atoms with Gasteiger partial charge in [-0.3, -0.25) is 34.2 Å². The number of ether oxygens (including phenoxy) is 1. The van der Waals surface area contributed by atoms with Crippen LogP contribution in [0.2, 0.25) is 0 Å². The van der Waals surface area contributed by atoms with E-state index in [1.165, 1.54) is 7.11 Å². The lowest BCUT2D eigenvalue weighted by Crippen LogP contribution is -2.54.